The third-order valence-corrected chi connectivity index (χ3v) is 4.91. The first kappa shape index (κ1) is 15.3. The van der Waals surface area contributed by atoms with Crippen LogP contribution in [-0.2, 0) is 19.5 Å². The number of aryl methyl sites for hydroxylation is 1. The van der Waals surface area contributed by atoms with E-state index in [2.05, 4.69) is 36.9 Å². The third-order valence-electron chi connectivity index (χ3n) is 4.91. The lowest BCUT2D eigenvalue weighted by molar-refractivity contribution is 0.241. The van der Waals surface area contributed by atoms with Crippen molar-refractivity contribution in [1.29, 1.82) is 0 Å². The van der Waals surface area contributed by atoms with E-state index in [9.17, 15) is 4.79 Å². The first-order valence-corrected chi connectivity index (χ1v) is 8.70. The maximum absolute atomic E-state index is 12.1. The van der Waals surface area contributed by atoms with Crippen LogP contribution in [0.25, 0.3) is 0 Å². The van der Waals surface area contributed by atoms with Gasteiger partial charge in [0.2, 0.25) is 0 Å². The van der Waals surface area contributed by atoms with E-state index in [0.29, 0.717) is 12.4 Å². The molecule has 0 atom stereocenters. The molecule has 0 radical (unpaired) electrons. The highest BCUT2D eigenvalue weighted by atomic mass is 16.1. The van der Waals surface area contributed by atoms with E-state index < -0.39 is 0 Å². The second-order valence-corrected chi connectivity index (χ2v) is 6.76. The first-order chi connectivity index (χ1) is 11.7. The van der Waals surface area contributed by atoms with Crippen LogP contribution in [0.5, 0.6) is 0 Å². The lowest BCUT2D eigenvalue weighted by atomic mass is 10.1. The smallest absolute Gasteiger partial charge is 0.255 e. The van der Waals surface area contributed by atoms with Crippen molar-refractivity contribution < 1.29 is 0 Å². The summed E-state index contributed by atoms with van der Waals surface area (Å²) in [5.41, 5.74) is 2.96. The quantitative estimate of drug-likeness (QED) is 0.929. The number of H-pyrrole nitrogens is 1. The Morgan fingerprint density at radius 1 is 1.21 bits per heavy atom. The van der Waals surface area contributed by atoms with Crippen LogP contribution in [-0.4, -0.2) is 39.5 Å². The second-order valence-electron chi connectivity index (χ2n) is 6.76. The fourth-order valence-electron chi connectivity index (χ4n) is 3.64. The molecule has 2 aliphatic rings. The Morgan fingerprint density at radius 2 is 2.04 bits per heavy atom. The molecule has 2 aromatic rings. The van der Waals surface area contributed by atoms with Crippen LogP contribution in [0.15, 0.2) is 23.1 Å². The molecule has 0 spiro atoms. The normalized spacial score (nSPS) is 18.0. The average Bonchev–Trinajstić information content (AvgIpc) is 3.11. The van der Waals surface area contributed by atoms with Crippen molar-refractivity contribution >= 4 is 5.82 Å². The fraction of sp³-hybridized carbons (Fsp3) is 0.500. The molecule has 1 N–H and O–H groups in total. The number of anilines is 1. The molecule has 0 aromatic carbocycles. The summed E-state index contributed by atoms with van der Waals surface area (Å²) >= 11 is 0. The molecule has 6 heteroatoms. The van der Waals surface area contributed by atoms with Crippen LogP contribution in [0.2, 0.25) is 0 Å². The Balaban J connectivity index is 1.45. The predicted octanol–water partition coefficient (Wildman–Crippen LogP) is 1.63. The maximum Gasteiger partial charge on any atom is 0.255 e. The van der Waals surface area contributed by atoms with Crippen molar-refractivity contribution in [2.75, 3.05) is 24.5 Å². The van der Waals surface area contributed by atoms with Gasteiger partial charge in [-0.25, -0.2) is 9.97 Å². The van der Waals surface area contributed by atoms with E-state index in [0.717, 1.165) is 49.7 Å². The van der Waals surface area contributed by atoms with E-state index in [1.165, 1.54) is 18.4 Å². The molecule has 0 saturated carbocycles. The summed E-state index contributed by atoms with van der Waals surface area (Å²) in [6.07, 6.45) is 5.33. The van der Waals surface area contributed by atoms with Crippen molar-refractivity contribution in [2.24, 2.45) is 0 Å². The van der Waals surface area contributed by atoms with Gasteiger partial charge in [-0.2, -0.15) is 0 Å². The topological polar surface area (TPSA) is 65.1 Å². The van der Waals surface area contributed by atoms with Gasteiger partial charge >= 0.3 is 0 Å². The molecular formula is C18H23N5O. The predicted molar refractivity (Wildman–Crippen MR) is 93.1 cm³/mol. The Morgan fingerprint density at radius 3 is 2.79 bits per heavy atom. The van der Waals surface area contributed by atoms with E-state index in [1.807, 2.05) is 13.1 Å². The van der Waals surface area contributed by atoms with Gasteiger partial charge in [-0.3, -0.25) is 9.69 Å². The molecule has 0 amide bonds. The molecule has 6 nitrogen and oxygen atoms in total. The zero-order valence-corrected chi connectivity index (χ0v) is 14.1. The van der Waals surface area contributed by atoms with Gasteiger partial charge in [0.05, 0.1) is 11.3 Å². The SMILES string of the molecule is Cc1nc2c(c(=O)[nH]1)CN(Cc1ccc(N3CCCC3)nc1)CC2. The van der Waals surface area contributed by atoms with Gasteiger partial charge in [0.1, 0.15) is 11.6 Å². The Hall–Kier alpha value is -2.21. The molecule has 24 heavy (non-hydrogen) atoms. The zero-order valence-electron chi connectivity index (χ0n) is 14.1. The third kappa shape index (κ3) is 3.06. The number of hydrogen-bond acceptors (Lipinski definition) is 5. The fourth-order valence-corrected chi connectivity index (χ4v) is 3.64. The standard InChI is InChI=1S/C18H23N5O/c1-13-20-16-6-9-22(12-15(16)18(24)21-13)11-14-4-5-17(19-10-14)23-7-2-3-8-23/h4-5,10H,2-3,6-9,11-12H2,1H3,(H,20,21,24). The molecule has 1 saturated heterocycles. The zero-order chi connectivity index (χ0) is 16.5. The average molecular weight is 325 g/mol. The van der Waals surface area contributed by atoms with Crippen LogP contribution < -0.4 is 10.5 Å². The van der Waals surface area contributed by atoms with E-state index in [1.54, 1.807) is 0 Å². The molecule has 0 aliphatic carbocycles. The lowest BCUT2D eigenvalue weighted by Gasteiger charge is -2.27. The maximum atomic E-state index is 12.1. The number of hydrogen-bond donors (Lipinski definition) is 1. The summed E-state index contributed by atoms with van der Waals surface area (Å²) in [6.45, 7) is 6.47. The number of aromatic amines is 1. The number of pyridine rings is 1. The molecule has 4 heterocycles. The number of rotatable bonds is 3. The summed E-state index contributed by atoms with van der Waals surface area (Å²) < 4.78 is 0. The van der Waals surface area contributed by atoms with Crippen LogP contribution in [0, 0.1) is 6.92 Å². The largest absolute Gasteiger partial charge is 0.357 e. The lowest BCUT2D eigenvalue weighted by Crippen LogP contribution is -2.35. The Labute approximate surface area is 141 Å². The molecule has 1 fully saturated rings. The van der Waals surface area contributed by atoms with Gasteiger partial charge in [0.15, 0.2) is 0 Å². The van der Waals surface area contributed by atoms with Crippen molar-refractivity contribution in [3.8, 4) is 0 Å². The minimum absolute atomic E-state index is 0.00436. The van der Waals surface area contributed by atoms with Gasteiger partial charge in [0.25, 0.3) is 5.56 Å². The van der Waals surface area contributed by atoms with Crippen molar-refractivity contribution in [3.05, 3.63) is 51.3 Å². The Kier molecular flexibility index (Phi) is 4.06. The summed E-state index contributed by atoms with van der Waals surface area (Å²) in [5.74, 6) is 1.78. The molecule has 0 unspecified atom stereocenters. The highest BCUT2D eigenvalue weighted by Gasteiger charge is 2.21. The van der Waals surface area contributed by atoms with E-state index in [-0.39, 0.29) is 5.56 Å². The van der Waals surface area contributed by atoms with Gasteiger partial charge in [-0.1, -0.05) is 6.07 Å². The van der Waals surface area contributed by atoms with Crippen molar-refractivity contribution in [2.45, 2.75) is 39.3 Å². The van der Waals surface area contributed by atoms with Gasteiger partial charge in [0, 0.05) is 45.3 Å². The molecule has 4 rings (SSSR count). The first-order valence-electron chi connectivity index (χ1n) is 8.70. The van der Waals surface area contributed by atoms with E-state index in [4.69, 9.17) is 0 Å². The molecule has 0 bridgehead atoms. The van der Waals surface area contributed by atoms with Crippen molar-refractivity contribution in [3.63, 3.8) is 0 Å². The van der Waals surface area contributed by atoms with Crippen LogP contribution in [0.4, 0.5) is 5.82 Å². The monoisotopic (exact) mass is 325 g/mol. The van der Waals surface area contributed by atoms with Crippen molar-refractivity contribution in [1.82, 2.24) is 19.9 Å². The second kappa shape index (κ2) is 6.36. The summed E-state index contributed by atoms with van der Waals surface area (Å²) in [7, 11) is 0. The molecular weight excluding hydrogens is 302 g/mol. The number of nitrogens with one attached hydrogen (secondary N) is 1. The molecule has 126 valence electrons. The van der Waals surface area contributed by atoms with Crippen LogP contribution >= 0.6 is 0 Å². The van der Waals surface area contributed by atoms with E-state index >= 15 is 0 Å². The summed E-state index contributed by atoms with van der Waals surface area (Å²) in [5, 5.41) is 0. The minimum atomic E-state index is 0.00436. The highest BCUT2D eigenvalue weighted by molar-refractivity contribution is 5.40. The van der Waals surface area contributed by atoms with Crippen LogP contribution in [0.1, 0.15) is 35.5 Å². The number of nitrogens with zero attached hydrogens (tertiary/aromatic N) is 4. The van der Waals surface area contributed by atoms with Gasteiger partial charge in [-0.05, 0) is 31.4 Å². The number of fused-ring (bicyclic) bond motifs is 1. The minimum Gasteiger partial charge on any atom is -0.357 e. The molecule has 2 aliphatic heterocycles. The molecule has 2 aromatic heterocycles. The number of aromatic nitrogens is 3. The van der Waals surface area contributed by atoms with Crippen LogP contribution in [0.3, 0.4) is 0 Å². The van der Waals surface area contributed by atoms with Gasteiger partial charge in [-0.15, -0.1) is 0 Å². The highest BCUT2D eigenvalue weighted by Crippen LogP contribution is 2.20. The van der Waals surface area contributed by atoms with Gasteiger partial charge < -0.3 is 9.88 Å². The summed E-state index contributed by atoms with van der Waals surface area (Å²) in [6, 6.07) is 4.28. The Bertz CT molecular complexity index is 777. The summed E-state index contributed by atoms with van der Waals surface area (Å²) in [4.78, 5) is 28.7.